The lowest BCUT2D eigenvalue weighted by molar-refractivity contribution is -0.143. The molecule has 1 saturated heterocycles. The van der Waals surface area contributed by atoms with E-state index >= 15 is 0 Å². The minimum atomic E-state index is -0.158. The molecule has 1 aromatic rings. The summed E-state index contributed by atoms with van der Waals surface area (Å²) in [5.74, 6) is 0.554. The highest BCUT2D eigenvalue weighted by atomic mass is 32.1. The Morgan fingerprint density at radius 1 is 1.53 bits per heavy atom. The Morgan fingerprint density at radius 3 is 3.06 bits per heavy atom. The third-order valence-corrected chi connectivity index (χ3v) is 3.81. The van der Waals surface area contributed by atoms with Crippen molar-refractivity contribution in [2.75, 3.05) is 19.7 Å². The number of thiazole rings is 1. The molecule has 2 rings (SSSR count). The first kappa shape index (κ1) is 12.5. The second kappa shape index (κ2) is 6.71. The van der Waals surface area contributed by atoms with Gasteiger partial charge >= 0.3 is 5.97 Å². The molecule has 1 aliphatic rings. The normalized spacial score (nSPS) is 16.9. The molecule has 0 aromatic carbocycles. The summed E-state index contributed by atoms with van der Waals surface area (Å²) in [6.45, 7) is 2.74. The first-order valence-electron chi connectivity index (χ1n) is 6.09. The lowest BCUT2D eigenvalue weighted by Crippen LogP contribution is -2.28. The highest BCUT2D eigenvalue weighted by Gasteiger charge is 2.14. The predicted octanol–water partition coefficient (Wildman–Crippen LogP) is 1.62. The Balaban J connectivity index is 1.59. The lowest BCUT2D eigenvalue weighted by atomic mass is 9.95. The van der Waals surface area contributed by atoms with E-state index in [9.17, 15) is 4.79 Å². The van der Waals surface area contributed by atoms with Crippen molar-refractivity contribution in [2.45, 2.75) is 25.7 Å². The molecule has 5 heteroatoms. The van der Waals surface area contributed by atoms with Crippen LogP contribution >= 0.6 is 11.3 Å². The van der Waals surface area contributed by atoms with E-state index < -0.39 is 0 Å². The van der Waals surface area contributed by atoms with Crippen LogP contribution in [0.1, 0.15) is 24.3 Å². The molecule has 1 aliphatic heterocycles. The van der Waals surface area contributed by atoms with E-state index in [0.717, 1.165) is 24.5 Å². The minimum absolute atomic E-state index is 0.158. The standard InChI is InChI=1S/C12H18N2O2S/c15-12(9-11-14-6-8-17-11)16-7-3-10-1-4-13-5-2-10/h6,8,10,13H,1-5,7,9H2. The summed E-state index contributed by atoms with van der Waals surface area (Å²) in [6.07, 6.45) is 5.41. The molecule has 0 bridgehead atoms. The number of aromatic nitrogens is 1. The fraction of sp³-hybridized carbons (Fsp3) is 0.667. The van der Waals surface area contributed by atoms with Crippen LogP contribution in [0.3, 0.4) is 0 Å². The first-order valence-corrected chi connectivity index (χ1v) is 6.97. The minimum Gasteiger partial charge on any atom is -0.465 e. The summed E-state index contributed by atoms with van der Waals surface area (Å²) in [7, 11) is 0. The molecule has 94 valence electrons. The number of nitrogens with one attached hydrogen (secondary N) is 1. The van der Waals surface area contributed by atoms with Crippen LogP contribution in [-0.4, -0.2) is 30.6 Å². The van der Waals surface area contributed by atoms with Crippen LogP contribution in [0.5, 0.6) is 0 Å². The summed E-state index contributed by atoms with van der Waals surface area (Å²) in [5.41, 5.74) is 0. The van der Waals surface area contributed by atoms with Gasteiger partial charge in [-0.15, -0.1) is 11.3 Å². The monoisotopic (exact) mass is 254 g/mol. The fourth-order valence-electron chi connectivity index (χ4n) is 2.02. The fourth-order valence-corrected chi connectivity index (χ4v) is 2.63. The summed E-state index contributed by atoms with van der Waals surface area (Å²) in [6, 6.07) is 0. The van der Waals surface area contributed by atoms with E-state index in [-0.39, 0.29) is 5.97 Å². The maximum atomic E-state index is 11.5. The Morgan fingerprint density at radius 2 is 2.35 bits per heavy atom. The van der Waals surface area contributed by atoms with Crippen molar-refractivity contribution in [3.63, 3.8) is 0 Å². The number of hydrogen-bond donors (Lipinski definition) is 1. The third-order valence-electron chi connectivity index (χ3n) is 3.03. The van der Waals surface area contributed by atoms with E-state index in [1.807, 2.05) is 5.38 Å². The van der Waals surface area contributed by atoms with Crippen LogP contribution in [0, 0.1) is 5.92 Å². The van der Waals surface area contributed by atoms with E-state index in [0.29, 0.717) is 18.9 Å². The van der Waals surface area contributed by atoms with Gasteiger partial charge in [0.2, 0.25) is 0 Å². The number of carbonyl (C=O) groups excluding carboxylic acids is 1. The van der Waals surface area contributed by atoms with E-state index in [1.54, 1.807) is 6.20 Å². The highest BCUT2D eigenvalue weighted by molar-refractivity contribution is 7.09. The highest BCUT2D eigenvalue weighted by Crippen LogP contribution is 2.15. The van der Waals surface area contributed by atoms with Crippen molar-refractivity contribution in [2.24, 2.45) is 5.92 Å². The zero-order chi connectivity index (χ0) is 11.9. The van der Waals surface area contributed by atoms with Crippen LogP contribution in [0.15, 0.2) is 11.6 Å². The molecule has 1 fully saturated rings. The number of ether oxygens (including phenoxy) is 1. The van der Waals surface area contributed by atoms with Crippen LogP contribution in [0.25, 0.3) is 0 Å². The molecule has 0 amide bonds. The van der Waals surface area contributed by atoms with Crippen molar-refractivity contribution >= 4 is 17.3 Å². The molecular weight excluding hydrogens is 236 g/mol. The van der Waals surface area contributed by atoms with Crippen LogP contribution in [-0.2, 0) is 16.0 Å². The van der Waals surface area contributed by atoms with Gasteiger partial charge in [-0.05, 0) is 38.3 Å². The smallest absolute Gasteiger partial charge is 0.312 e. The summed E-state index contributed by atoms with van der Waals surface area (Å²) < 4.78 is 5.23. The molecule has 0 spiro atoms. The van der Waals surface area contributed by atoms with Crippen molar-refractivity contribution in [1.82, 2.24) is 10.3 Å². The molecule has 2 heterocycles. The van der Waals surface area contributed by atoms with Gasteiger partial charge in [0.05, 0.1) is 13.0 Å². The largest absolute Gasteiger partial charge is 0.465 e. The van der Waals surface area contributed by atoms with Crippen LogP contribution in [0.4, 0.5) is 0 Å². The van der Waals surface area contributed by atoms with Gasteiger partial charge in [-0.1, -0.05) is 0 Å². The van der Waals surface area contributed by atoms with Gasteiger partial charge in [0, 0.05) is 11.6 Å². The summed E-state index contributed by atoms with van der Waals surface area (Å²) in [4.78, 5) is 15.5. The Labute approximate surface area is 105 Å². The molecule has 17 heavy (non-hydrogen) atoms. The SMILES string of the molecule is O=C(Cc1nccs1)OCCC1CCNCC1. The van der Waals surface area contributed by atoms with E-state index in [1.165, 1.54) is 24.2 Å². The van der Waals surface area contributed by atoms with E-state index in [2.05, 4.69) is 10.3 Å². The number of carbonyl (C=O) groups is 1. The number of rotatable bonds is 5. The lowest BCUT2D eigenvalue weighted by Gasteiger charge is -2.22. The van der Waals surface area contributed by atoms with Gasteiger partial charge in [-0.2, -0.15) is 0 Å². The van der Waals surface area contributed by atoms with Crippen molar-refractivity contribution in [3.05, 3.63) is 16.6 Å². The van der Waals surface area contributed by atoms with Gasteiger partial charge in [0.1, 0.15) is 5.01 Å². The Bertz CT molecular complexity index is 334. The van der Waals surface area contributed by atoms with Crippen LogP contribution in [0.2, 0.25) is 0 Å². The molecule has 0 atom stereocenters. The zero-order valence-electron chi connectivity index (χ0n) is 9.85. The maximum Gasteiger partial charge on any atom is 0.312 e. The average molecular weight is 254 g/mol. The Kier molecular flexibility index (Phi) is 4.94. The van der Waals surface area contributed by atoms with Gasteiger partial charge in [-0.25, -0.2) is 4.98 Å². The number of esters is 1. The van der Waals surface area contributed by atoms with Crippen molar-refractivity contribution in [3.8, 4) is 0 Å². The Hall–Kier alpha value is -0.940. The van der Waals surface area contributed by atoms with Gasteiger partial charge < -0.3 is 10.1 Å². The second-order valence-corrected chi connectivity index (χ2v) is 5.28. The number of piperidine rings is 1. The van der Waals surface area contributed by atoms with E-state index in [4.69, 9.17) is 4.74 Å². The molecule has 0 radical (unpaired) electrons. The van der Waals surface area contributed by atoms with Gasteiger partial charge in [0.25, 0.3) is 0 Å². The molecule has 0 unspecified atom stereocenters. The third kappa shape index (κ3) is 4.44. The quantitative estimate of drug-likeness (QED) is 0.811. The number of hydrogen-bond acceptors (Lipinski definition) is 5. The number of nitrogens with zero attached hydrogens (tertiary/aromatic N) is 1. The summed E-state index contributed by atoms with van der Waals surface area (Å²) in [5, 5.41) is 6.03. The zero-order valence-corrected chi connectivity index (χ0v) is 10.7. The predicted molar refractivity (Wildman–Crippen MR) is 67.0 cm³/mol. The first-order chi connectivity index (χ1) is 8.34. The molecule has 0 saturated carbocycles. The molecular formula is C12H18N2O2S. The molecule has 1 aromatic heterocycles. The maximum absolute atomic E-state index is 11.5. The average Bonchev–Trinajstić information content (AvgIpc) is 2.83. The topological polar surface area (TPSA) is 51.2 Å². The van der Waals surface area contributed by atoms with Gasteiger partial charge in [0.15, 0.2) is 0 Å². The molecule has 1 N–H and O–H groups in total. The van der Waals surface area contributed by atoms with Crippen molar-refractivity contribution < 1.29 is 9.53 Å². The van der Waals surface area contributed by atoms with Gasteiger partial charge in [-0.3, -0.25) is 4.79 Å². The second-order valence-electron chi connectivity index (χ2n) is 4.31. The molecule has 0 aliphatic carbocycles. The summed E-state index contributed by atoms with van der Waals surface area (Å²) >= 11 is 1.49. The van der Waals surface area contributed by atoms with Crippen LogP contribution < -0.4 is 5.32 Å². The van der Waals surface area contributed by atoms with Crippen molar-refractivity contribution in [1.29, 1.82) is 0 Å². The molecule has 4 nitrogen and oxygen atoms in total.